The Morgan fingerprint density at radius 2 is 2.10 bits per heavy atom. The molecule has 1 atom stereocenters. The van der Waals surface area contributed by atoms with Crippen molar-refractivity contribution in [2.45, 2.75) is 77.3 Å². The molecule has 2 aliphatic rings. The normalized spacial score (nSPS) is 20.2. The van der Waals surface area contributed by atoms with Crippen LogP contribution in [0.15, 0.2) is 0 Å². The van der Waals surface area contributed by atoms with Gasteiger partial charge in [-0.15, -0.1) is 10.2 Å². The minimum atomic E-state index is -0.0387. The molecule has 1 N–H and O–H groups in total. The van der Waals surface area contributed by atoms with Gasteiger partial charge in [0, 0.05) is 19.4 Å². The summed E-state index contributed by atoms with van der Waals surface area (Å²) in [5, 5.41) is 11.5. The molecule has 1 aliphatic carbocycles. The van der Waals surface area contributed by atoms with Crippen molar-refractivity contribution >= 4 is 5.91 Å². The number of amides is 1. The van der Waals surface area contributed by atoms with Crippen molar-refractivity contribution < 1.29 is 4.79 Å². The van der Waals surface area contributed by atoms with Gasteiger partial charge < -0.3 is 9.88 Å². The fourth-order valence-corrected chi connectivity index (χ4v) is 3.68. The molecular weight excluding hydrogens is 264 g/mol. The number of carbonyl (C=O) groups excluding carboxylic acids is 1. The molecule has 1 aliphatic heterocycles. The van der Waals surface area contributed by atoms with Crippen LogP contribution in [0.25, 0.3) is 0 Å². The monoisotopic (exact) mass is 290 g/mol. The summed E-state index contributed by atoms with van der Waals surface area (Å²) in [5.41, 5.74) is 0. The first-order chi connectivity index (χ1) is 10.2. The van der Waals surface area contributed by atoms with E-state index < -0.39 is 0 Å². The second kappa shape index (κ2) is 6.58. The highest BCUT2D eigenvalue weighted by Crippen LogP contribution is 2.27. The van der Waals surface area contributed by atoms with Crippen molar-refractivity contribution in [3.63, 3.8) is 0 Å². The molecule has 1 aromatic heterocycles. The summed E-state index contributed by atoms with van der Waals surface area (Å²) in [7, 11) is 0. The van der Waals surface area contributed by atoms with Crippen molar-refractivity contribution in [3.05, 3.63) is 11.6 Å². The van der Waals surface area contributed by atoms with Crippen LogP contribution >= 0.6 is 0 Å². The second-order valence-electron chi connectivity index (χ2n) is 6.56. The quantitative estimate of drug-likeness (QED) is 0.907. The third-order valence-electron chi connectivity index (χ3n) is 4.91. The third kappa shape index (κ3) is 3.44. The molecule has 5 nitrogen and oxygen atoms in total. The van der Waals surface area contributed by atoms with Crippen molar-refractivity contribution in [1.29, 1.82) is 0 Å². The van der Waals surface area contributed by atoms with Crippen LogP contribution in [0.4, 0.5) is 0 Å². The first kappa shape index (κ1) is 14.5. The van der Waals surface area contributed by atoms with Crippen LogP contribution in [0.2, 0.25) is 0 Å². The molecule has 116 valence electrons. The Hall–Kier alpha value is -1.39. The van der Waals surface area contributed by atoms with E-state index in [2.05, 4.69) is 20.1 Å². The SMILES string of the molecule is CC(NC(=O)CCC1CCCCC1)c1nnc2n1CCC2. The maximum absolute atomic E-state index is 12.1. The van der Waals surface area contributed by atoms with Gasteiger partial charge in [-0.25, -0.2) is 0 Å². The minimum Gasteiger partial charge on any atom is -0.346 e. The molecular formula is C16H26N4O. The smallest absolute Gasteiger partial charge is 0.220 e. The maximum Gasteiger partial charge on any atom is 0.220 e. The summed E-state index contributed by atoms with van der Waals surface area (Å²) < 4.78 is 2.16. The summed E-state index contributed by atoms with van der Waals surface area (Å²) >= 11 is 0. The van der Waals surface area contributed by atoms with Crippen molar-refractivity contribution in [2.75, 3.05) is 0 Å². The van der Waals surface area contributed by atoms with Crippen LogP contribution in [-0.2, 0) is 17.8 Å². The van der Waals surface area contributed by atoms with Crippen LogP contribution in [0, 0.1) is 5.92 Å². The first-order valence-electron chi connectivity index (χ1n) is 8.45. The number of hydrogen-bond acceptors (Lipinski definition) is 3. The van der Waals surface area contributed by atoms with Gasteiger partial charge in [0.15, 0.2) is 5.82 Å². The van der Waals surface area contributed by atoms with Crippen molar-refractivity contribution in [3.8, 4) is 0 Å². The molecule has 1 unspecified atom stereocenters. The summed E-state index contributed by atoms with van der Waals surface area (Å²) in [6.07, 6.45) is 10.5. The zero-order chi connectivity index (χ0) is 14.7. The molecule has 0 saturated heterocycles. The van der Waals surface area contributed by atoms with E-state index in [1.807, 2.05) is 6.92 Å². The fourth-order valence-electron chi connectivity index (χ4n) is 3.68. The van der Waals surface area contributed by atoms with E-state index in [0.717, 1.165) is 43.4 Å². The summed E-state index contributed by atoms with van der Waals surface area (Å²) in [6, 6.07) is -0.0387. The summed E-state index contributed by atoms with van der Waals surface area (Å²) in [6.45, 7) is 2.99. The van der Waals surface area contributed by atoms with E-state index in [4.69, 9.17) is 0 Å². The lowest BCUT2D eigenvalue weighted by molar-refractivity contribution is -0.122. The Morgan fingerprint density at radius 1 is 1.29 bits per heavy atom. The van der Waals surface area contributed by atoms with Gasteiger partial charge in [-0.3, -0.25) is 4.79 Å². The number of nitrogens with zero attached hydrogens (tertiary/aromatic N) is 3. The Kier molecular flexibility index (Phi) is 4.56. The standard InChI is InChI=1S/C16H26N4O/c1-12(16-19-18-14-8-5-11-20(14)16)17-15(21)10-9-13-6-3-2-4-7-13/h12-13H,2-11H2,1H3,(H,17,21). The largest absolute Gasteiger partial charge is 0.346 e. The number of rotatable bonds is 5. The Bertz CT molecular complexity index is 490. The van der Waals surface area contributed by atoms with Gasteiger partial charge in [0.05, 0.1) is 6.04 Å². The molecule has 21 heavy (non-hydrogen) atoms. The zero-order valence-electron chi connectivity index (χ0n) is 13.0. The predicted octanol–water partition coefficient (Wildman–Crippen LogP) is 2.76. The Balaban J connectivity index is 1.47. The third-order valence-corrected chi connectivity index (χ3v) is 4.91. The van der Waals surface area contributed by atoms with Gasteiger partial charge >= 0.3 is 0 Å². The molecule has 0 bridgehead atoms. The second-order valence-corrected chi connectivity index (χ2v) is 6.56. The number of nitrogens with one attached hydrogen (secondary N) is 1. The van der Waals surface area contributed by atoms with Crippen molar-refractivity contribution in [1.82, 2.24) is 20.1 Å². The molecule has 5 heteroatoms. The molecule has 1 amide bonds. The number of fused-ring (bicyclic) bond motifs is 1. The van der Waals surface area contributed by atoms with Crippen LogP contribution < -0.4 is 5.32 Å². The predicted molar refractivity (Wildman–Crippen MR) is 80.7 cm³/mol. The molecule has 1 fully saturated rings. The number of carbonyl (C=O) groups is 1. The van der Waals surface area contributed by atoms with E-state index >= 15 is 0 Å². The molecule has 0 spiro atoms. The minimum absolute atomic E-state index is 0.0387. The lowest BCUT2D eigenvalue weighted by Gasteiger charge is -2.21. The van der Waals surface area contributed by atoms with Gasteiger partial charge in [0.1, 0.15) is 5.82 Å². The molecule has 0 radical (unpaired) electrons. The molecule has 1 saturated carbocycles. The van der Waals surface area contributed by atoms with E-state index in [9.17, 15) is 4.79 Å². The van der Waals surface area contributed by atoms with Crippen LogP contribution in [0.5, 0.6) is 0 Å². The molecule has 1 aromatic rings. The fraction of sp³-hybridized carbons (Fsp3) is 0.812. The van der Waals surface area contributed by atoms with Crippen LogP contribution in [0.3, 0.4) is 0 Å². The summed E-state index contributed by atoms with van der Waals surface area (Å²) in [5.74, 6) is 2.89. The van der Waals surface area contributed by atoms with Crippen LogP contribution in [-0.4, -0.2) is 20.7 Å². The maximum atomic E-state index is 12.1. The lowest BCUT2D eigenvalue weighted by atomic mass is 9.86. The van der Waals surface area contributed by atoms with E-state index in [1.54, 1.807) is 0 Å². The first-order valence-corrected chi connectivity index (χ1v) is 8.45. The van der Waals surface area contributed by atoms with Gasteiger partial charge in [-0.2, -0.15) is 0 Å². The van der Waals surface area contributed by atoms with E-state index in [-0.39, 0.29) is 11.9 Å². The van der Waals surface area contributed by atoms with Gasteiger partial charge in [0.25, 0.3) is 0 Å². The number of aromatic nitrogens is 3. The lowest BCUT2D eigenvalue weighted by Crippen LogP contribution is -2.29. The molecule has 2 heterocycles. The highest BCUT2D eigenvalue weighted by atomic mass is 16.1. The highest BCUT2D eigenvalue weighted by molar-refractivity contribution is 5.76. The average Bonchev–Trinajstić information content (AvgIpc) is 3.09. The Labute approximate surface area is 126 Å². The van der Waals surface area contributed by atoms with E-state index in [1.165, 1.54) is 32.1 Å². The average molecular weight is 290 g/mol. The Morgan fingerprint density at radius 3 is 2.90 bits per heavy atom. The van der Waals surface area contributed by atoms with E-state index in [0.29, 0.717) is 6.42 Å². The van der Waals surface area contributed by atoms with Crippen LogP contribution in [0.1, 0.15) is 76.0 Å². The number of hydrogen-bond donors (Lipinski definition) is 1. The topological polar surface area (TPSA) is 59.8 Å². The zero-order valence-corrected chi connectivity index (χ0v) is 13.0. The van der Waals surface area contributed by atoms with Gasteiger partial charge in [-0.05, 0) is 25.7 Å². The molecule has 3 rings (SSSR count). The molecule has 0 aromatic carbocycles. The summed E-state index contributed by atoms with van der Waals surface area (Å²) in [4.78, 5) is 12.1. The van der Waals surface area contributed by atoms with Crippen molar-refractivity contribution in [2.24, 2.45) is 5.92 Å². The van der Waals surface area contributed by atoms with Gasteiger partial charge in [0.2, 0.25) is 5.91 Å². The highest BCUT2D eigenvalue weighted by Gasteiger charge is 2.22. The number of aryl methyl sites for hydroxylation is 1. The van der Waals surface area contributed by atoms with Gasteiger partial charge in [-0.1, -0.05) is 32.1 Å².